The smallest absolute Gasteiger partial charge is 0.136 e. The molecule has 0 aromatic rings. The molecule has 1 saturated heterocycles. The summed E-state index contributed by atoms with van der Waals surface area (Å²) in [5, 5.41) is 25.6. The Bertz CT molecular complexity index is 842. The van der Waals surface area contributed by atoms with Crippen LogP contribution in [0.3, 0.4) is 0 Å². The number of piperidine rings is 1. The quantitative estimate of drug-likeness (QED) is 0.547. The third-order valence-electron chi connectivity index (χ3n) is 11.4. The van der Waals surface area contributed by atoms with E-state index in [0.717, 1.165) is 19.1 Å². The number of aldehydes is 1. The summed E-state index contributed by atoms with van der Waals surface area (Å²) in [5.41, 5.74) is -4.17. The van der Waals surface area contributed by atoms with E-state index in [4.69, 9.17) is 18.9 Å². The van der Waals surface area contributed by atoms with Crippen molar-refractivity contribution in [1.29, 1.82) is 0 Å². The Morgan fingerprint density at radius 3 is 2.42 bits per heavy atom. The van der Waals surface area contributed by atoms with Gasteiger partial charge in [-0.3, -0.25) is 4.90 Å². The fraction of sp³-hybridized carbons (Fsp3) is 0.960. The molecule has 8 heteroatoms. The van der Waals surface area contributed by atoms with Crippen molar-refractivity contribution in [2.75, 3.05) is 41.5 Å². The fourth-order valence-electron chi connectivity index (χ4n) is 10.9. The molecule has 13 unspecified atom stereocenters. The van der Waals surface area contributed by atoms with Gasteiger partial charge in [-0.1, -0.05) is 6.92 Å². The van der Waals surface area contributed by atoms with Gasteiger partial charge in [0, 0.05) is 70.0 Å². The van der Waals surface area contributed by atoms with Crippen LogP contribution in [0.2, 0.25) is 0 Å². The summed E-state index contributed by atoms with van der Waals surface area (Å²) in [6, 6.07) is -0.360. The lowest BCUT2D eigenvalue weighted by atomic mass is 9.43. The SMILES string of the molecule is CCN1CC2(C=O)CCC(OC)C34C5CC6C(OC)CC(O)(C5C6OC)C(O)(C(OC)C23)C14. The first-order valence-corrected chi connectivity index (χ1v) is 12.6. The van der Waals surface area contributed by atoms with Crippen LogP contribution in [-0.2, 0) is 23.7 Å². The average Bonchev–Trinajstić information content (AvgIpc) is 3.24. The molecule has 0 amide bonds. The van der Waals surface area contributed by atoms with Crippen molar-refractivity contribution in [3.05, 3.63) is 0 Å². The van der Waals surface area contributed by atoms with Crippen LogP contribution in [-0.4, -0.2) is 105 Å². The minimum atomic E-state index is -1.57. The third-order valence-corrected chi connectivity index (χ3v) is 11.4. The molecule has 6 aliphatic rings. The van der Waals surface area contributed by atoms with Crippen molar-refractivity contribution in [2.24, 2.45) is 34.5 Å². The highest BCUT2D eigenvalue weighted by Crippen LogP contribution is 2.80. The molecule has 33 heavy (non-hydrogen) atoms. The largest absolute Gasteiger partial charge is 0.386 e. The zero-order valence-electron chi connectivity index (χ0n) is 20.4. The summed E-state index contributed by atoms with van der Waals surface area (Å²) in [6.45, 7) is 3.35. The van der Waals surface area contributed by atoms with Crippen molar-refractivity contribution < 1.29 is 34.0 Å². The molecular formula is C25H39NO7. The molecule has 6 fully saturated rings. The predicted molar refractivity (Wildman–Crippen MR) is 117 cm³/mol. The highest BCUT2D eigenvalue weighted by atomic mass is 16.5. The molecular weight excluding hydrogens is 426 g/mol. The lowest BCUT2D eigenvalue weighted by Crippen LogP contribution is -2.82. The van der Waals surface area contributed by atoms with Gasteiger partial charge in [0.25, 0.3) is 0 Å². The molecule has 186 valence electrons. The molecule has 2 N–H and O–H groups in total. The number of rotatable bonds is 6. The number of aliphatic hydroxyl groups is 2. The Morgan fingerprint density at radius 2 is 1.85 bits per heavy atom. The van der Waals surface area contributed by atoms with Crippen LogP contribution < -0.4 is 0 Å². The maximum absolute atomic E-state index is 12.9. The number of carbonyl (C=O) groups is 1. The van der Waals surface area contributed by atoms with Crippen LogP contribution in [0.5, 0.6) is 0 Å². The van der Waals surface area contributed by atoms with Gasteiger partial charge in [-0.15, -0.1) is 0 Å². The van der Waals surface area contributed by atoms with Gasteiger partial charge < -0.3 is 34.0 Å². The second-order valence-electron chi connectivity index (χ2n) is 11.7. The molecule has 8 nitrogen and oxygen atoms in total. The van der Waals surface area contributed by atoms with E-state index in [0.29, 0.717) is 25.9 Å². The van der Waals surface area contributed by atoms with E-state index >= 15 is 0 Å². The molecule has 5 saturated carbocycles. The van der Waals surface area contributed by atoms with Crippen LogP contribution in [0, 0.1) is 34.5 Å². The fourth-order valence-corrected chi connectivity index (χ4v) is 10.9. The summed E-state index contributed by atoms with van der Waals surface area (Å²) in [5.74, 6) is -0.318. The number of likely N-dealkylation sites (N-methyl/N-ethyl adjacent to an activating group) is 1. The third kappa shape index (κ3) is 2.11. The summed E-state index contributed by atoms with van der Waals surface area (Å²) < 4.78 is 24.4. The summed E-state index contributed by atoms with van der Waals surface area (Å²) >= 11 is 0. The molecule has 6 rings (SSSR count). The highest BCUT2D eigenvalue weighted by molar-refractivity contribution is 5.64. The zero-order chi connectivity index (χ0) is 23.6. The van der Waals surface area contributed by atoms with E-state index in [9.17, 15) is 15.0 Å². The predicted octanol–water partition coefficient (Wildman–Crippen LogP) is 0.478. The number of carbonyl (C=O) groups excluding carboxylic acids is 1. The van der Waals surface area contributed by atoms with Gasteiger partial charge in [-0.05, 0) is 31.7 Å². The summed E-state index contributed by atoms with van der Waals surface area (Å²) in [7, 11) is 6.76. The van der Waals surface area contributed by atoms with E-state index in [-0.39, 0.29) is 48.0 Å². The summed E-state index contributed by atoms with van der Waals surface area (Å²) in [4.78, 5) is 15.2. The zero-order valence-corrected chi connectivity index (χ0v) is 20.4. The van der Waals surface area contributed by atoms with Crippen LogP contribution in [0.1, 0.15) is 32.6 Å². The molecule has 1 heterocycles. The normalized spacial score (nSPS) is 60.8. The topological polar surface area (TPSA) is 97.7 Å². The van der Waals surface area contributed by atoms with Crippen LogP contribution >= 0.6 is 0 Å². The summed E-state index contributed by atoms with van der Waals surface area (Å²) in [6.07, 6.45) is 2.53. The highest BCUT2D eigenvalue weighted by Gasteiger charge is 2.91. The number of ether oxygens (including phenoxy) is 4. The van der Waals surface area contributed by atoms with Crippen LogP contribution in [0.4, 0.5) is 0 Å². The Balaban J connectivity index is 1.69. The first-order valence-electron chi connectivity index (χ1n) is 12.6. The number of methoxy groups -OCH3 is 4. The Morgan fingerprint density at radius 1 is 1.09 bits per heavy atom. The van der Waals surface area contributed by atoms with E-state index in [2.05, 4.69) is 11.8 Å². The second-order valence-corrected chi connectivity index (χ2v) is 11.7. The molecule has 0 aromatic carbocycles. The first kappa shape index (κ1) is 22.8. The van der Waals surface area contributed by atoms with E-state index in [1.165, 1.54) is 0 Å². The number of hydrogen-bond acceptors (Lipinski definition) is 8. The standard InChI is InChI=1S/C25H39NO7/c1-6-26-11-22(12-27)8-7-16(31-3)24-14-9-13-15(30-2)10-23(28,17(14)18(13)32-4)25(29,21(24)26)20(33-5)19(22)24/h12-21,28-29H,6-11H2,1-5H3. The minimum Gasteiger partial charge on any atom is -0.386 e. The van der Waals surface area contributed by atoms with E-state index < -0.39 is 28.1 Å². The molecule has 0 radical (unpaired) electrons. The number of likely N-dealkylation sites (tertiary alicyclic amines) is 1. The molecule has 1 aliphatic heterocycles. The van der Waals surface area contributed by atoms with Gasteiger partial charge in [0.05, 0.1) is 30.5 Å². The van der Waals surface area contributed by atoms with Gasteiger partial charge in [0.1, 0.15) is 17.5 Å². The van der Waals surface area contributed by atoms with Crippen molar-refractivity contribution in [3.8, 4) is 0 Å². The Labute approximate surface area is 195 Å². The van der Waals surface area contributed by atoms with Gasteiger partial charge in [-0.25, -0.2) is 0 Å². The molecule has 13 atom stereocenters. The Hall–Kier alpha value is -0.610. The average molecular weight is 466 g/mol. The van der Waals surface area contributed by atoms with Gasteiger partial charge in [-0.2, -0.15) is 0 Å². The van der Waals surface area contributed by atoms with Gasteiger partial charge >= 0.3 is 0 Å². The Kier molecular flexibility index (Phi) is 4.84. The lowest BCUT2D eigenvalue weighted by Gasteiger charge is -2.69. The van der Waals surface area contributed by atoms with Gasteiger partial charge in [0.2, 0.25) is 0 Å². The number of nitrogens with zero attached hydrogens (tertiary/aromatic N) is 1. The van der Waals surface area contributed by atoms with Crippen molar-refractivity contribution >= 4 is 6.29 Å². The van der Waals surface area contributed by atoms with Crippen LogP contribution in [0.25, 0.3) is 0 Å². The number of fused-ring (bicyclic) bond motifs is 2. The van der Waals surface area contributed by atoms with Gasteiger partial charge in [0.15, 0.2) is 0 Å². The molecule has 7 bridgehead atoms. The first-order chi connectivity index (χ1) is 15.8. The molecule has 0 aromatic heterocycles. The number of hydrogen-bond donors (Lipinski definition) is 2. The molecule has 5 aliphatic carbocycles. The maximum Gasteiger partial charge on any atom is 0.136 e. The lowest BCUT2D eigenvalue weighted by molar-refractivity contribution is -0.317. The molecule has 1 spiro atoms. The maximum atomic E-state index is 12.9. The van der Waals surface area contributed by atoms with Crippen molar-refractivity contribution in [2.45, 2.75) is 74.3 Å². The van der Waals surface area contributed by atoms with Crippen LogP contribution in [0.15, 0.2) is 0 Å². The second kappa shape index (κ2) is 6.99. The monoisotopic (exact) mass is 465 g/mol. The van der Waals surface area contributed by atoms with Crippen molar-refractivity contribution in [3.63, 3.8) is 0 Å². The minimum absolute atomic E-state index is 0.0342. The van der Waals surface area contributed by atoms with E-state index in [1.807, 2.05) is 0 Å². The van der Waals surface area contributed by atoms with Crippen molar-refractivity contribution in [1.82, 2.24) is 4.90 Å². The van der Waals surface area contributed by atoms with E-state index in [1.54, 1.807) is 28.4 Å².